The van der Waals surface area contributed by atoms with Crippen molar-refractivity contribution in [3.8, 4) is 0 Å². The maximum atomic E-state index is 4.60. The molecule has 5 aromatic rings. The van der Waals surface area contributed by atoms with E-state index in [0.717, 1.165) is 42.0 Å². The molecule has 5 heteroatoms. The summed E-state index contributed by atoms with van der Waals surface area (Å²) < 4.78 is 2.05. The van der Waals surface area contributed by atoms with Crippen LogP contribution < -0.4 is 0 Å². The third kappa shape index (κ3) is 3.89. The molecule has 0 saturated carbocycles. The molecule has 6 rings (SSSR count). The van der Waals surface area contributed by atoms with Crippen molar-refractivity contribution in [2.45, 2.75) is 25.3 Å². The van der Waals surface area contributed by atoms with Crippen LogP contribution in [0.15, 0.2) is 91.3 Å². The number of piperidine rings is 1. The minimum atomic E-state index is 0.444. The third-order valence-electron chi connectivity index (χ3n) is 7.01. The van der Waals surface area contributed by atoms with E-state index in [9.17, 15) is 0 Å². The van der Waals surface area contributed by atoms with Gasteiger partial charge in [0.15, 0.2) is 11.5 Å². The lowest BCUT2D eigenvalue weighted by Crippen LogP contribution is -2.36. The number of likely N-dealkylation sites (tertiary alicyclic amines) is 1. The zero-order valence-electron chi connectivity index (χ0n) is 18.6. The lowest BCUT2D eigenvalue weighted by molar-refractivity contribution is 0.164. The molecule has 33 heavy (non-hydrogen) atoms. The second-order valence-electron chi connectivity index (χ2n) is 8.98. The quantitative estimate of drug-likeness (QED) is 0.376. The van der Waals surface area contributed by atoms with Gasteiger partial charge in [-0.05, 0) is 55.1 Å². The fourth-order valence-corrected chi connectivity index (χ4v) is 5.33. The molecule has 3 aromatic carbocycles. The highest BCUT2D eigenvalue weighted by Gasteiger charge is 2.29. The fraction of sp³-hybridized carbons (Fsp3) is 0.250. The van der Waals surface area contributed by atoms with E-state index in [4.69, 9.17) is 0 Å². The second-order valence-corrected chi connectivity index (χ2v) is 8.98. The smallest absolute Gasteiger partial charge is 0.171 e. The van der Waals surface area contributed by atoms with Crippen molar-refractivity contribution >= 4 is 16.6 Å². The van der Waals surface area contributed by atoms with Crippen LogP contribution in [0.25, 0.3) is 16.6 Å². The molecule has 3 heterocycles. The van der Waals surface area contributed by atoms with E-state index in [1.165, 1.54) is 24.0 Å². The first-order valence-electron chi connectivity index (χ1n) is 11.8. The van der Waals surface area contributed by atoms with Gasteiger partial charge in [-0.3, -0.25) is 9.30 Å². The SMILES string of the molecule is c1ccc(C(c2ccccc2)C2CCN(Cc3nnc4c5ccccc5ncn34)CC2)cc1. The van der Waals surface area contributed by atoms with Gasteiger partial charge >= 0.3 is 0 Å². The summed E-state index contributed by atoms with van der Waals surface area (Å²) in [7, 11) is 0. The highest BCUT2D eigenvalue weighted by Crippen LogP contribution is 2.38. The van der Waals surface area contributed by atoms with E-state index in [1.807, 2.05) is 28.9 Å². The fourth-order valence-electron chi connectivity index (χ4n) is 5.33. The summed E-state index contributed by atoms with van der Waals surface area (Å²) in [6.45, 7) is 2.93. The number of hydrogen-bond donors (Lipinski definition) is 0. The number of nitrogens with zero attached hydrogens (tertiary/aromatic N) is 5. The van der Waals surface area contributed by atoms with Gasteiger partial charge in [0, 0.05) is 11.3 Å². The van der Waals surface area contributed by atoms with Crippen molar-refractivity contribution in [1.82, 2.24) is 24.5 Å². The Labute approximate surface area is 193 Å². The van der Waals surface area contributed by atoms with Crippen LogP contribution in [0.3, 0.4) is 0 Å². The summed E-state index contributed by atoms with van der Waals surface area (Å²) in [6, 6.07) is 30.1. The van der Waals surface area contributed by atoms with Crippen LogP contribution in [0.2, 0.25) is 0 Å². The first kappa shape index (κ1) is 20.1. The van der Waals surface area contributed by atoms with Crippen LogP contribution >= 0.6 is 0 Å². The molecule has 0 spiro atoms. The van der Waals surface area contributed by atoms with Crippen molar-refractivity contribution in [3.05, 3.63) is 108 Å². The van der Waals surface area contributed by atoms with Gasteiger partial charge in [0.1, 0.15) is 6.33 Å². The molecule has 0 aliphatic carbocycles. The van der Waals surface area contributed by atoms with Crippen LogP contribution in [-0.2, 0) is 6.54 Å². The zero-order chi connectivity index (χ0) is 22.0. The largest absolute Gasteiger partial charge is 0.296 e. The number of aromatic nitrogens is 4. The summed E-state index contributed by atoms with van der Waals surface area (Å²) in [5.74, 6) is 2.04. The van der Waals surface area contributed by atoms with E-state index >= 15 is 0 Å². The molecule has 5 nitrogen and oxygen atoms in total. The average molecular weight is 434 g/mol. The van der Waals surface area contributed by atoms with Gasteiger partial charge in [0.2, 0.25) is 0 Å². The first-order chi connectivity index (χ1) is 16.4. The Hall–Kier alpha value is -3.57. The molecule has 0 radical (unpaired) electrons. The summed E-state index contributed by atoms with van der Waals surface area (Å²) in [4.78, 5) is 7.11. The first-order valence-corrected chi connectivity index (χ1v) is 11.8. The van der Waals surface area contributed by atoms with Crippen LogP contribution in [0.5, 0.6) is 0 Å². The predicted molar refractivity (Wildman–Crippen MR) is 131 cm³/mol. The maximum absolute atomic E-state index is 4.60. The Morgan fingerprint density at radius 3 is 2.09 bits per heavy atom. The molecule has 1 saturated heterocycles. The highest BCUT2D eigenvalue weighted by molar-refractivity contribution is 5.90. The zero-order valence-corrected chi connectivity index (χ0v) is 18.6. The van der Waals surface area contributed by atoms with E-state index in [2.05, 4.69) is 86.8 Å². The Bertz CT molecular complexity index is 1320. The van der Waals surface area contributed by atoms with Crippen molar-refractivity contribution in [3.63, 3.8) is 0 Å². The average Bonchev–Trinajstić information content (AvgIpc) is 3.30. The normalized spacial score (nSPS) is 15.5. The topological polar surface area (TPSA) is 46.3 Å². The van der Waals surface area contributed by atoms with Gasteiger partial charge in [0.25, 0.3) is 0 Å². The second kappa shape index (κ2) is 8.75. The molecule has 164 valence electrons. The highest BCUT2D eigenvalue weighted by atomic mass is 15.3. The van der Waals surface area contributed by atoms with Gasteiger partial charge in [-0.25, -0.2) is 4.98 Å². The van der Waals surface area contributed by atoms with E-state index in [-0.39, 0.29) is 0 Å². The van der Waals surface area contributed by atoms with E-state index in [1.54, 1.807) is 0 Å². The molecule has 0 bridgehead atoms. The number of rotatable bonds is 5. The van der Waals surface area contributed by atoms with E-state index < -0.39 is 0 Å². The molecule has 1 aliphatic rings. The van der Waals surface area contributed by atoms with E-state index in [0.29, 0.717) is 11.8 Å². The molecule has 0 atom stereocenters. The summed E-state index contributed by atoms with van der Waals surface area (Å²) in [6.07, 6.45) is 4.21. The van der Waals surface area contributed by atoms with Crippen molar-refractivity contribution in [2.75, 3.05) is 13.1 Å². The number of fused-ring (bicyclic) bond motifs is 3. The van der Waals surface area contributed by atoms with Crippen LogP contribution in [0.4, 0.5) is 0 Å². The Morgan fingerprint density at radius 2 is 1.39 bits per heavy atom. The summed E-state index contributed by atoms with van der Waals surface area (Å²) >= 11 is 0. The molecule has 2 aromatic heterocycles. The molecule has 0 N–H and O–H groups in total. The summed E-state index contributed by atoms with van der Waals surface area (Å²) in [5.41, 5.74) is 4.68. The molecule has 1 aliphatic heterocycles. The lowest BCUT2D eigenvalue weighted by atomic mass is 9.76. The standard InChI is InChI=1S/C28H27N5/c1-3-9-21(10-4-1)27(22-11-5-2-6-12-22)23-15-17-32(18-16-23)19-26-30-31-28-24-13-7-8-14-25(24)29-20-33(26)28/h1-14,20,23,27H,15-19H2. The minimum Gasteiger partial charge on any atom is -0.296 e. The van der Waals surface area contributed by atoms with Crippen LogP contribution in [-0.4, -0.2) is 37.6 Å². The van der Waals surface area contributed by atoms with Gasteiger partial charge < -0.3 is 0 Å². The number of benzene rings is 3. The van der Waals surface area contributed by atoms with Crippen LogP contribution in [0, 0.1) is 5.92 Å². The van der Waals surface area contributed by atoms with Crippen molar-refractivity contribution in [2.24, 2.45) is 5.92 Å². The Balaban J connectivity index is 1.20. The maximum Gasteiger partial charge on any atom is 0.171 e. The molecule has 0 unspecified atom stereocenters. The van der Waals surface area contributed by atoms with Gasteiger partial charge in [-0.1, -0.05) is 72.8 Å². The monoisotopic (exact) mass is 433 g/mol. The van der Waals surface area contributed by atoms with Crippen molar-refractivity contribution in [1.29, 1.82) is 0 Å². The van der Waals surface area contributed by atoms with Gasteiger partial charge in [-0.2, -0.15) is 0 Å². The number of para-hydroxylation sites is 1. The van der Waals surface area contributed by atoms with Crippen LogP contribution in [0.1, 0.15) is 35.7 Å². The van der Waals surface area contributed by atoms with Gasteiger partial charge in [0.05, 0.1) is 12.1 Å². The Morgan fingerprint density at radius 1 is 0.758 bits per heavy atom. The predicted octanol–water partition coefficient (Wildman–Crippen LogP) is 5.32. The van der Waals surface area contributed by atoms with Crippen molar-refractivity contribution < 1.29 is 0 Å². The number of hydrogen-bond acceptors (Lipinski definition) is 4. The molecular formula is C28H27N5. The molecular weight excluding hydrogens is 406 g/mol. The lowest BCUT2D eigenvalue weighted by Gasteiger charge is -2.36. The Kier molecular flexibility index (Phi) is 5.32. The summed E-state index contributed by atoms with van der Waals surface area (Å²) in [5, 5.41) is 10.0. The van der Waals surface area contributed by atoms with Gasteiger partial charge in [-0.15, -0.1) is 10.2 Å². The third-order valence-corrected chi connectivity index (χ3v) is 7.01. The molecule has 0 amide bonds. The minimum absolute atomic E-state index is 0.444. The molecule has 1 fully saturated rings.